The van der Waals surface area contributed by atoms with Crippen molar-refractivity contribution in [2.75, 3.05) is 39.3 Å². The quantitative estimate of drug-likeness (QED) is 0.141. The summed E-state index contributed by atoms with van der Waals surface area (Å²) in [6, 6.07) is 0. The SMILES string of the molecule is NCCNCCNCCNC(O)(O)C(O)O. The van der Waals surface area contributed by atoms with Crippen molar-refractivity contribution in [2.24, 2.45) is 5.73 Å². The number of hydrogen-bond donors (Lipinski definition) is 8. The highest BCUT2D eigenvalue weighted by molar-refractivity contribution is 4.64. The summed E-state index contributed by atoms with van der Waals surface area (Å²) in [6.07, 6.45) is -2.24. The molecule has 0 bridgehead atoms. The number of nitrogens with one attached hydrogen (secondary N) is 3. The zero-order valence-corrected chi connectivity index (χ0v) is 9.19. The average molecular weight is 238 g/mol. The molecule has 0 amide bonds. The Morgan fingerprint density at radius 3 is 1.94 bits per heavy atom. The number of rotatable bonds is 10. The molecular formula is C8H22N4O4. The first-order valence-electron chi connectivity index (χ1n) is 5.18. The van der Waals surface area contributed by atoms with Crippen molar-refractivity contribution in [3.8, 4) is 0 Å². The van der Waals surface area contributed by atoms with E-state index in [1.54, 1.807) is 0 Å². The van der Waals surface area contributed by atoms with Crippen LogP contribution in [0.5, 0.6) is 0 Å². The third-order valence-corrected chi connectivity index (χ3v) is 1.85. The molecule has 0 spiro atoms. The van der Waals surface area contributed by atoms with E-state index < -0.39 is 12.2 Å². The van der Waals surface area contributed by atoms with Crippen LogP contribution in [0.15, 0.2) is 0 Å². The molecule has 0 radical (unpaired) electrons. The summed E-state index contributed by atoms with van der Waals surface area (Å²) >= 11 is 0. The predicted molar refractivity (Wildman–Crippen MR) is 58.2 cm³/mol. The van der Waals surface area contributed by atoms with Crippen LogP contribution in [0.2, 0.25) is 0 Å². The van der Waals surface area contributed by atoms with E-state index >= 15 is 0 Å². The van der Waals surface area contributed by atoms with Gasteiger partial charge >= 0.3 is 0 Å². The molecule has 0 aliphatic rings. The van der Waals surface area contributed by atoms with Crippen LogP contribution >= 0.6 is 0 Å². The number of hydrogen-bond acceptors (Lipinski definition) is 8. The fourth-order valence-corrected chi connectivity index (χ4v) is 0.955. The lowest BCUT2D eigenvalue weighted by Crippen LogP contribution is -2.56. The van der Waals surface area contributed by atoms with Gasteiger partial charge in [-0.2, -0.15) is 0 Å². The van der Waals surface area contributed by atoms with E-state index in [4.69, 9.17) is 26.2 Å². The van der Waals surface area contributed by atoms with Crippen LogP contribution in [0.1, 0.15) is 0 Å². The molecule has 8 heteroatoms. The minimum atomic E-state index is -2.67. The monoisotopic (exact) mass is 238 g/mol. The molecule has 0 aliphatic carbocycles. The van der Waals surface area contributed by atoms with Crippen molar-refractivity contribution < 1.29 is 20.4 Å². The summed E-state index contributed by atoms with van der Waals surface area (Å²) < 4.78 is 0. The first-order valence-corrected chi connectivity index (χ1v) is 5.18. The maximum atomic E-state index is 8.95. The molecule has 0 saturated carbocycles. The Kier molecular flexibility index (Phi) is 8.61. The molecule has 0 heterocycles. The van der Waals surface area contributed by atoms with Crippen molar-refractivity contribution in [1.29, 1.82) is 0 Å². The molecule has 0 fully saturated rings. The van der Waals surface area contributed by atoms with Gasteiger partial charge in [0.15, 0.2) is 0 Å². The molecule has 0 aliphatic heterocycles. The minimum Gasteiger partial charge on any atom is -0.363 e. The molecule has 0 aromatic heterocycles. The Labute approximate surface area is 94.5 Å². The van der Waals surface area contributed by atoms with E-state index in [0.717, 1.165) is 13.1 Å². The van der Waals surface area contributed by atoms with Crippen LogP contribution in [0.4, 0.5) is 0 Å². The van der Waals surface area contributed by atoms with Crippen LogP contribution in [0, 0.1) is 0 Å². The number of aliphatic hydroxyl groups excluding tert-OH is 1. The molecule has 9 N–H and O–H groups in total. The van der Waals surface area contributed by atoms with Gasteiger partial charge < -0.3 is 36.8 Å². The van der Waals surface area contributed by atoms with Gasteiger partial charge in [0, 0.05) is 39.3 Å². The molecule has 0 unspecified atom stereocenters. The van der Waals surface area contributed by atoms with E-state index in [1.165, 1.54) is 0 Å². The van der Waals surface area contributed by atoms with Gasteiger partial charge in [-0.1, -0.05) is 0 Å². The van der Waals surface area contributed by atoms with Gasteiger partial charge in [-0.3, -0.25) is 5.32 Å². The fourth-order valence-electron chi connectivity index (χ4n) is 0.955. The molecule has 16 heavy (non-hydrogen) atoms. The Hall–Kier alpha value is -0.320. The third-order valence-electron chi connectivity index (χ3n) is 1.85. The van der Waals surface area contributed by atoms with E-state index in [0.29, 0.717) is 19.6 Å². The van der Waals surface area contributed by atoms with Crippen LogP contribution in [0.25, 0.3) is 0 Å². The molecule has 0 aromatic carbocycles. The van der Waals surface area contributed by atoms with Gasteiger partial charge in [0.05, 0.1) is 0 Å². The lowest BCUT2D eigenvalue weighted by atomic mass is 10.4. The zero-order valence-electron chi connectivity index (χ0n) is 9.19. The Balaban J connectivity index is 3.27. The summed E-state index contributed by atoms with van der Waals surface area (Å²) in [6.45, 7) is 3.50. The second-order valence-corrected chi connectivity index (χ2v) is 3.32. The van der Waals surface area contributed by atoms with Gasteiger partial charge in [-0.05, 0) is 0 Å². The van der Waals surface area contributed by atoms with E-state index in [1.807, 2.05) is 0 Å². The molecule has 0 rings (SSSR count). The summed E-state index contributed by atoms with van der Waals surface area (Å²) in [4.78, 5) is 0. The second-order valence-electron chi connectivity index (χ2n) is 3.32. The standard InChI is InChI=1S/C8H22N4O4/c9-1-2-10-3-4-11-5-6-12-8(15,16)7(13)14/h7,10-16H,1-6,9H2. The van der Waals surface area contributed by atoms with Gasteiger partial charge in [-0.25, -0.2) is 0 Å². The van der Waals surface area contributed by atoms with Crippen molar-refractivity contribution in [3.63, 3.8) is 0 Å². The summed E-state index contributed by atoms with van der Waals surface area (Å²) in [5, 5.41) is 43.2. The topological polar surface area (TPSA) is 143 Å². The van der Waals surface area contributed by atoms with E-state index in [2.05, 4.69) is 16.0 Å². The van der Waals surface area contributed by atoms with E-state index in [9.17, 15) is 0 Å². The van der Waals surface area contributed by atoms with Gasteiger partial charge in [0.25, 0.3) is 5.91 Å². The first kappa shape index (κ1) is 15.7. The third kappa shape index (κ3) is 7.91. The van der Waals surface area contributed by atoms with Crippen LogP contribution in [-0.2, 0) is 0 Å². The number of aliphatic hydroxyl groups is 4. The normalized spacial score (nSPS) is 12.4. The van der Waals surface area contributed by atoms with Crippen LogP contribution in [-0.4, -0.2) is 71.9 Å². The smallest absolute Gasteiger partial charge is 0.276 e. The van der Waals surface area contributed by atoms with Crippen molar-refractivity contribution >= 4 is 0 Å². The van der Waals surface area contributed by atoms with Crippen LogP contribution in [0.3, 0.4) is 0 Å². The van der Waals surface area contributed by atoms with Gasteiger partial charge in [-0.15, -0.1) is 0 Å². The van der Waals surface area contributed by atoms with Crippen molar-refractivity contribution in [2.45, 2.75) is 12.2 Å². The van der Waals surface area contributed by atoms with Crippen LogP contribution < -0.4 is 21.7 Å². The highest BCUT2D eigenvalue weighted by Crippen LogP contribution is 1.96. The average Bonchev–Trinajstić information content (AvgIpc) is 2.21. The molecule has 0 saturated heterocycles. The maximum Gasteiger partial charge on any atom is 0.276 e. The second kappa shape index (κ2) is 8.79. The Bertz CT molecular complexity index is 168. The van der Waals surface area contributed by atoms with E-state index in [-0.39, 0.29) is 6.54 Å². The summed E-state index contributed by atoms with van der Waals surface area (Å²) in [5.74, 6) is -2.67. The van der Waals surface area contributed by atoms with Gasteiger partial charge in [0.1, 0.15) is 0 Å². The van der Waals surface area contributed by atoms with Crippen molar-refractivity contribution in [3.05, 3.63) is 0 Å². The molecule has 8 nitrogen and oxygen atoms in total. The summed E-state index contributed by atoms with van der Waals surface area (Å²) in [7, 11) is 0. The Morgan fingerprint density at radius 1 is 0.938 bits per heavy atom. The highest BCUT2D eigenvalue weighted by atomic mass is 16.6. The van der Waals surface area contributed by atoms with Gasteiger partial charge in [0.2, 0.25) is 6.29 Å². The molecule has 0 atom stereocenters. The first-order chi connectivity index (χ1) is 7.50. The predicted octanol–water partition coefficient (Wildman–Crippen LogP) is -4.34. The fraction of sp³-hybridized carbons (Fsp3) is 1.00. The molecule has 98 valence electrons. The minimum absolute atomic E-state index is 0.196. The van der Waals surface area contributed by atoms with Crippen molar-refractivity contribution in [1.82, 2.24) is 16.0 Å². The lowest BCUT2D eigenvalue weighted by molar-refractivity contribution is -0.305. The summed E-state index contributed by atoms with van der Waals surface area (Å²) in [5.41, 5.74) is 5.27. The molecule has 0 aromatic rings. The largest absolute Gasteiger partial charge is 0.363 e. The zero-order chi connectivity index (χ0) is 12.4. The maximum absolute atomic E-state index is 8.95. The number of nitrogens with two attached hydrogens (primary N) is 1. The lowest BCUT2D eigenvalue weighted by Gasteiger charge is -2.24. The molecular weight excluding hydrogens is 216 g/mol. The highest BCUT2D eigenvalue weighted by Gasteiger charge is 2.30. The Morgan fingerprint density at radius 2 is 1.44 bits per heavy atom.